The second-order valence-corrected chi connectivity index (χ2v) is 9.84. The number of carbonyl (C=O) groups is 1. The number of methoxy groups -OCH3 is 1. The van der Waals surface area contributed by atoms with Gasteiger partial charge in [0.15, 0.2) is 0 Å². The van der Waals surface area contributed by atoms with E-state index >= 15 is 0 Å². The van der Waals surface area contributed by atoms with Crippen LogP contribution in [0.4, 0.5) is 0 Å². The smallest absolute Gasteiger partial charge is 0.226 e. The molecule has 4 heteroatoms. The summed E-state index contributed by atoms with van der Waals surface area (Å²) in [5.74, 6) is 0.749. The van der Waals surface area contributed by atoms with Crippen LogP contribution in [-0.2, 0) is 9.53 Å². The fourth-order valence-electron chi connectivity index (χ4n) is 7.04. The molecule has 5 rings (SSSR count). The van der Waals surface area contributed by atoms with E-state index in [1.807, 2.05) is 0 Å². The molecule has 0 heterocycles. The number of aliphatic hydroxyl groups is 1. The van der Waals surface area contributed by atoms with Gasteiger partial charge in [-0.25, -0.2) is 0 Å². The van der Waals surface area contributed by atoms with Gasteiger partial charge in [0.05, 0.1) is 17.6 Å². The number of hydrogen-bond acceptors (Lipinski definition) is 3. The molecule has 0 aromatic carbocycles. The fourth-order valence-corrected chi connectivity index (χ4v) is 7.04. The average Bonchev–Trinajstić information content (AvgIpc) is 2.47. The monoisotopic (exact) mass is 335 g/mol. The Hall–Kier alpha value is -0.610. The Morgan fingerprint density at radius 2 is 2.00 bits per heavy atom. The highest BCUT2D eigenvalue weighted by molar-refractivity contribution is 5.83. The van der Waals surface area contributed by atoms with Gasteiger partial charge in [0.1, 0.15) is 0 Å². The first-order valence-electron chi connectivity index (χ1n) is 9.86. The van der Waals surface area contributed by atoms with Gasteiger partial charge in [-0.05, 0) is 62.7 Å². The summed E-state index contributed by atoms with van der Waals surface area (Å²) < 4.78 is 5.39. The standard InChI is InChI=1S/C20H33NO3/c1-3-17-7-15-8-19(10-17,12-20(23,9-15)11-17)16(22)21-13-18(14-24-2)5-4-6-18/h15,23H,3-14H2,1-2H3,(H,21,22)/t15-,17+,19-,20-/m1/s1. The molecule has 0 radical (unpaired) electrons. The third kappa shape index (κ3) is 2.52. The zero-order valence-electron chi connectivity index (χ0n) is 15.3. The Labute approximate surface area is 145 Å². The Balaban J connectivity index is 1.49. The van der Waals surface area contributed by atoms with E-state index in [1.54, 1.807) is 7.11 Å². The van der Waals surface area contributed by atoms with Crippen molar-refractivity contribution >= 4 is 5.91 Å². The van der Waals surface area contributed by atoms with Crippen molar-refractivity contribution in [3.63, 3.8) is 0 Å². The van der Waals surface area contributed by atoms with Crippen LogP contribution in [0.25, 0.3) is 0 Å². The SMILES string of the molecule is CC[C@@]12C[C@H]3C[C@@](O)(C1)C[C@@](C(=O)NCC1(COC)CCC1)(C3)C2. The molecule has 136 valence electrons. The molecule has 24 heavy (non-hydrogen) atoms. The maximum Gasteiger partial charge on any atom is 0.226 e. The minimum Gasteiger partial charge on any atom is -0.390 e. The van der Waals surface area contributed by atoms with Gasteiger partial charge in [-0.15, -0.1) is 0 Å². The predicted molar refractivity (Wildman–Crippen MR) is 92.5 cm³/mol. The molecule has 4 atom stereocenters. The zero-order valence-corrected chi connectivity index (χ0v) is 15.3. The van der Waals surface area contributed by atoms with Crippen LogP contribution in [0.5, 0.6) is 0 Å². The van der Waals surface area contributed by atoms with Crippen LogP contribution < -0.4 is 5.32 Å². The van der Waals surface area contributed by atoms with Crippen molar-refractivity contribution in [1.29, 1.82) is 0 Å². The first-order chi connectivity index (χ1) is 11.4. The lowest BCUT2D eigenvalue weighted by molar-refractivity contribution is -0.204. The molecule has 4 bridgehead atoms. The minimum absolute atomic E-state index is 0.159. The van der Waals surface area contributed by atoms with Gasteiger partial charge in [0, 0.05) is 19.1 Å². The van der Waals surface area contributed by atoms with Gasteiger partial charge in [-0.1, -0.05) is 19.8 Å². The van der Waals surface area contributed by atoms with E-state index in [-0.39, 0.29) is 22.2 Å². The Kier molecular flexibility index (Phi) is 3.82. The maximum absolute atomic E-state index is 13.2. The summed E-state index contributed by atoms with van der Waals surface area (Å²) in [5.41, 5.74) is -0.548. The minimum atomic E-state index is -0.590. The van der Waals surface area contributed by atoms with Gasteiger partial charge < -0.3 is 15.2 Å². The van der Waals surface area contributed by atoms with Gasteiger partial charge >= 0.3 is 0 Å². The van der Waals surface area contributed by atoms with E-state index in [0.717, 1.165) is 58.1 Å². The average molecular weight is 335 g/mol. The summed E-state index contributed by atoms with van der Waals surface area (Å²) in [6, 6.07) is 0. The van der Waals surface area contributed by atoms with Crippen LogP contribution in [0.2, 0.25) is 0 Å². The summed E-state index contributed by atoms with van der Waals surface area (Å²) in [7, 11) is 1.75. The van der Waals surface area contributed by atoms with Gasteiger partial charge in [0.25, 0.3) is 0 Å². The van der Waals surface area contributed by atoms with Gasteiger partial charge in [-0.3, -0.25) is 4.79 Å². The molecule has 4 nitrogen and oxygen atoms in total. The van der Waals surface area contributed by atoms with Crippen molar-refractivity contribution in [2.24, 2.45) is 22.2 Å². The van der Waals surface area contributed by atoms with Crippen LogP contribution in [0, 0.1) is 22.2 Å². The number of hydrogen-bond donors (Lipinski definition) is 2. The molecule has 5 aliphatic rings. The third-order valence-electron chi connectivity index (χ3n) is 7.87. The van der Waals surface area contributed by atoms with Crippen LogP contribution in [0.1, 0.15) is 71.1 Å². The summed E-state index contributed by atoms with van der Waals surface area (Å²) >= 11 is 0. The quantitative estimate of drug-likeness (QED) is 0.784. The van der Waals surface area contributed by atoms with Crippen molar-refractivity contribution in [2.75, 3.05) is 20.3 Å². The van der Waals surface area contributed by atoms with E-state index < -0.39 is 5.60 Å². The summed E-state index contributed by atoms with van der Waals surface area (Å²) in [5, 5.41) is 14.4. The van der Waals surface area contributed by atoms with Crippen LogP contribution >= 0.6 is 0 Å². The second kappa shape index (κ2) is 5.44. The largest absolute Gasteiger partial charge is 0.390 e. The van der Waals surface area contributed by atoms with Crippen LogP contribution in [-0.4, -0.2) is 36.9 Å². The molecule has 0 aromatic heterocycles. The molecular formula is C20H33NO3. The van der Waals surface area contributed by atoms with Crippen molar-refractivity contribution in [1.82, 2.24) is 5.32 Å². The van der Waals surface area contributed by atoms with E-state index in [9.17, 15) is 9.90 Å². The van der Waals surface area contributed by atoms with Crippen LogP contribution in [0.3, 0.4) is 0 Å². The van der Waals surface area contributed by atoms with Crippen molar-refractivity contribution < 1.29 is 14.6 Å². The number of nitrogens with one attached hydrogen (secondary N) is 1. The van der Waals surface area contributed by atoms with Crippen molar-refractivity contribution in [3.05, 3.63) is 0 Å². The first kappa shape index (κ1) is 16.8. The molecule has 1 amide bonds. The molecule has 5 saturated carbocycles. The summed E-state index contributed by atoms with van der Waals surface area (Å²) in [6.07, 6.45) is 10.3. The number of carbonyl (C=O) groups excluding carboxylic acids is 1. The molecule has 0 unspecified atom stereocenters. The highest BCUT2D eigenvalue weighted by Gasteiger charge is 2.64. The van der Waals surface area contributed by atoms with Crippen molar-refractivity contribution in [2.45, 2.75) is 76.7 Å². The van der Waals surface area contributed by atoms with E-state index in [4.69, 9.17) is 4.74 Å². The molecule has 5 aliphatic carbocycles. The topological polar surface area (TPSA) is 58.6 Å². The lowest BCUT2D eigenvalue weighted by atomic mass is 9.42. The number of amides is 1. The molecule has 2 N–H and O–H groups in total. The van der Waals surface area contributed by atoms with Crippen molar-refractivity contribution in [3.8, 4) is 0 Å². The Bertz CT molecular complexity index is 531. The molecule has 0 aromatic rings. The highest BCUT2D eigenvalue weighted by Crippen LogP contribution is 2.67. The predicted octanol–water partition coefficient (Wildman–Crippen LogP) is 3.03. The second-order valence-electron chi connectivity index (χ2n) is 9.84. The molecular weight excluding hydrogens is 302 g/mol. The Morgan fingerprint density at radius 1 is 1.21 bits per heavy atom. The molecule has 5 fully saturated rings. The fraction of sp³-hybridized carbons (Fsp3) is 0.950. The zero-order chi connectivity index (χ0) is 17.1. The third-order valence-corrected chi connectivity index (χ3v) is 7.87. The summed E-state index contributed by atoms with van der Waals surface area (Å²) in [4.78, 5) is 13.2. The molecule has 0 aliphatic heterocycles. The highest BCUT2D eigenvalue weighted by atomic mass is 16.5. The van der Waals surface area contributed by atoms with Gasteiger partial charge in [0.2, 0.25) is 5.91 Å². The molecule has 0 saturated heterocycles. The van der Waals surface area contributed by atoms with Gasteiger partial charge in [-0.2, -0.15) is 0 Å². The van der Waals surface area contributed by atoms with E-state index in [1.165, 1.54) is 12.8 Å². The maximum atomic E-state index is 13.2. The number of ether oxygens (including phenoxy) is 1. The normalized spacial score (nSPS) is 45.0. The lowest BCUT2D eigenvalue weighted by Gasteiger charge is -2.64. The van der Waals surface area contributed by atoms with E-state index in [2.05, 4.69) is 12.2 Å². The Morgan fingerprint density at radius 3 is 2.58 bits per heavy atom. The first-order valence-corrected chi connectivity index (χ1v) is 9.86. The lowest BCUT2D eigenvalue weighted by Crippen LogP contribution is -2.64. The number of rotatable bonds is 6. The van der Waals surface area contributed by atoms with Crippen LogP contribution in [0.15, 0.2) is 0 Å². The molecule has 0 spiro atoms. The summed E-state index contributed by atoms with van der Waals surface area (Å²) in [6.45, 7) is 3.72. The van der Waals surface area contributed by atoms with E-state index in [0.29, 0.717) is 12.3 Å².